The van der Waals surface area contributed by atoms with Crippen LogP contribution in [0.25, 0.3) is 11.3 Å². The molecule has 0 unspecified atom stereocenters. The van der Waals surface area contributed by atoms with Crippen molar-refractivity contribution in [2.75, 3.05) is 26.7 Å². The standard InChI is InChI=1S/C21H30N6O/c1-3-23-21(27-11-9-16(10-12-27)13-20(28)22-2)25-15-19-24-14-18(26-19)17-7-5-4-6-8-17/h4-8,14,16H,3,9-13,15H2,1-2H3,(H,22,28)(H,23,25)(H,24,26). The van der Waals surface area contributed by atoms with Crippen molar-refractivity contribution in [1.82, 2.24) is 25.5 Å². The van der Waals surface area contributed by atoms with E-state index in [1.54, 1.807) is 7.05 Å². The van der Waals surface area contributed by atoms with E-state index < -0.39 is 0 Å². The number of aromatic amines is 1. The molecule has 1 fully saturated rings. The van der Waals surface area contributed by atoms with E-state index in [-0.39, 0.29) is 5.91 Å². The van der Waals surface area contributed by atoms with E-state index in [9.17, 15) is 4.79 Å². The SMILES string of the molecule is CCNC(=NCc1ncc(-c2ccccc2)[nH]1)N1CCC(CC(=O)NC)CC1. The Morgan fingerprint density at radius 2 is 2.04 bits per heavy atom. The van der Waals surface area contributed by atoms with Gasteiger partial charge in [-0.1, -0.05) is 30.3 Å². The maximum atomic E-state index is 11.6. The van der Waals surface area contributed by atoms with Gasteiger partial charge in [-0.15, -0.1) is 0 Å². The predicted octanol–water partition coefficient (Wildman–Crippen LogP) is 2.39. The summed E-state index contributed by atoms with van der Waals surface area (Å²) >= 11 is 0. The van der Waals surface area contributed by atoms with Crippen LogP contribution in [0.2, 0.25) is 0 Å². The lowest BCUT2D eigenvalue weighted by molar-refractivity contribution is -0.121. The van der Waals surface area contributed by atoms with Gasteiger partial charge < -0.3 is 20.5 Å². The fourth-order valence-corrected chi connectivity index (χ4v) is 3.50. The van der Waals surface area contributed by atoms with Crippen LogP contribution in [0.15, 0.2) is 41.5 Å². The number of rotatable bonds is 6. The van der Waals surface area contributed by atoms with Gasteiger partial charge in [0.25, 0.3) is 0 Å². The molecule has 1 aromatic heterocycles. The third kappa shape index (κ3) is 5.34. The first kappa shape index (κ1) is 19.9. The number of aromatic nitrogens is 2. The minimum atomic E-state index is 0.131. The third-order valence-electron chi connectivity index (χ3n) is 5.09. The molecular weight excluding hydrogens is 352 g/mol. The summed E-state index contributed by atoms with van der Waals surface area (Å²) in [6.07, 6.45) is 4.50. The van der Waals surface area contributed by atoms with Crippen molar-refractivity contribution in [3.05, 3.63) is 42.4 Å². The zero-order valence-electron chi connectivity index (χ0n) is 16.7. The number of hydrogen-bond acceptors (Lipinski definition) is 3. The topological polar surface area (TPSA) is 85.4 Å². The number of carbonyl (C=O) groups excluding carboxylic acids is 1. The zero-order valence-corrected chi connectivity index (χ0v) is 16.7. The van der Waals surface area contributed by atoms with Crippen molar-refractivity contribution in [3.8, 4) is 11.3 Å². The van der Waals surface area contributed by atoms with Crippen molar-refractivity contribution in [1.29, 1.82) is 0 Å². The molecule has 1 saturated heterocycles. The summed E-state index contributed by atoms with van der Waals surface area (Å²) in [6.45, 7) is 5.24. The smallest absolute Gasteiger partial charge is 0.220 e. The number of likely N-dealkylation sites (tertiary alicyclic amines) is 1. The van der Waals surface area contributed by atoms with Gasteiger partial charge in [0.2, 0.25) is 5.91 Å². The second kappa shape index (κ2) is 9.92. The minimum Gasteiger partial charge on any atom is -0.359 e. The average molecular weight is 383 g/mol. The molecule has 0 saturated carbocycles. The molecule has 1 aliphatic heterocycles. The van der Waals surface area contributed by atoms with E-state index in [2.05, 4.69) is 44.6 Å². The summed E-state index contributed by atoms with van der Waals surface area (Å²) in [7, 11) is 1.70. The van der Waals surface area contributed by atoms with Crippen LogP contribution in [0, 0.1) is 5.92 Å². The van der Waals surface area contributed by atoms with Gasteiger partial charge in [-0.25, -0.2) is 9.98 Å². The Morgan fingerprint density at radius 3 is 2.71 bits per heavy atom. The summed E-state index contributed by atoms with van der Waals surface area (Å²) in [4.78, 5) is 26.5. The van der Waals surface area contributed by atoms with Crippen LogP contribution in [0.1, 0.15) is 32.0 Å². The molecule has 150 valence electrons. The first-order chi connectivity index (χ1) is 13.7. The first-order valence-electron chi connectivity index (χ1n) is 10.0. The molecule has 3 N–H and O–H groups in total. The highest BCUT2D eigenvalue weighted by atomic mass is 16.1. The van der Waals surface area contributed by atoms with Crippen LogP contribution in [-0.4, -0.2) is 53.4 Å². The largest absolute Gasteiger partial charge is 0.359 e. The van der Waals surface area contributed by atoms with Gasteiger partial charge in [0.15, 0.2) is 5.96 Å². The number of aliphatic imine (C=N–C) groups is 1. The Balaban J connectivity index is 1.59. The lowest BCUT2D eigenvalue weighted by Gasteiger charge is -2.34. The average Bonchev–Trinajstić information content (AvgIpc) is 3.21. The van der Waals surface area contributed by atoms with Gasteiger partial charge in [-0.05, 0) is 31.2 Å². The third-order valence-corrected chi connectivity index (χ3v) is 5.09. The molecule has 7 heteroatoms. The molecule has 0 radical (unpaired) electrons. The van der Waals surface area contributed by atoms with E-state index >= 15 is 0 Å². The zero-order chi connectivity index (χ0) is 19.8. The van der Waals surface area contributed by atoms with Crippen LogP contribution in [0.5, 0.6) is 0 Å². The Labute approximate surface area is 166 Å². The molecule has 2 heterocycles. The number of piperidine rings is 1. The van der Waals surface area contributed by atoms with E-state index in [1.807, 2.05) is 24.4 Å². The fraction of sp³-hybridized carbons (Fsp3) is 0.476. The van der Waals surface area contributed by atoms with Gasteiger partial charge in [0.1, 0.15) is 12.4 Å². The predicted molar refractivity (Wildman–Crippen MR) is 112 cm³/mol. The molecule has 0 aliphatic carbocycles. The maximum absolute atomic E-state index is 11.6. The monoisotopic (exact) mass is 382 g/mol. The Bertz CT molecular complexity index is 777. The van der Waals surface area contributed by atoms with Gasteiger partial charge in [-0.3, -0.25) is 4.79 Å². The van der Waals surface area contributed by atoms with Gasteiger partial charge in [0, 0.05) is 33.1 Å². The number of benzene rings is 1. The second-order valence-corrected chi connectivity index (χ2v) is 7.09. The van der Waals surface area contributed by atoms with E-state index in [0.29, 0.717) is 18.9 Å². The fourth-order valence-electron chi connectivity index (χ4n) is 3.50. The number of imidazole rings is 1. The Kier molecular flexibility index (Phi) is 7.06. The van der Waals surface area contributed by atoms with Gasteiger partial charge in [0.05, 0.1) is 11.9 Å². The molecule has 0 spiro atoms. The van der Waals surface area contributed by atoms with Gasteiger partial charge in [-0.2, -0.15) is 0 Å². The minimum absolute atomic E-state index is 0.131. The van der Waals surface area contributed by atoms with Crippen molar-refractivity contribution >= 4 is 11.9 Å². The van der Waals surface area contributed by atoms with Crippen molar-refractivity contribution < 1.29 is 4.79 Å². The highest BCUT2D eigenvalue weighted by Crippen LogP contribution is 2.21. The number of hydrogen-bond donors (Lipinski definition) is 3. The summed E-state index contributed by atoms with van der Waals surface area (Å²) in [5.74, 6) is 2.35. The molecular formula is C21H30N6O. The summed E-state index contributed by atoms with van der Waals surface area (Å²) < 4.78 is 0. The van der Waals surface area contributed by atoms with Crippen LogP contribution in [0.3, 0.4) is 0 Å². The number of guanidine groups is 1. The Hall–Kier alpha value is -2.83. The van der Waals surface area contributed by atoms with E-state index in [4.69, 9.17) is 4.99 Å². The lowest BCUT2D eigenvalue weighted by Crippen LogP contribution is -2.46. The van der Waals surface area contributed by atoms with E-state index in [0.717, 1.165) is 55.5 Å². The Morgan fingerprint density at radius 1 is 1.29 bits per heavy atom. The van der Waals surface area contributed by atoms with Crippen LogP contribution in [0.4, 0.5) is 0 Å². The molecule has 1 aliphatic rings. The second-order valence-electron chi connectivity index (χ2n) is 7.09. The quantitative estimate of drug-likeness (QED) is 0.529. The number of H-pyrrole nitrogens is 1. The number of nitrogens with one attached hydrogen (secondary N) is 3. The number of amides is 1. The highest BCUT2D eigenvalue weighted by molar-refractivity contribution is 5.80. The van der Waals surface area contributed by atoms with Crippen molar-refractivity contribution in [2.45, 2.75) is 32.7 Å². The molecule has 7 nitrogen and oxygen atoms in total. The molecule has 0 bridgehead atoms. The number of carbonyl (C=O) groups is 1. The molecule has 28 heavy (non-hydrogen) atoms. The molecule has 0 atom stereocenters. The highest BCUT2D eigenvalue weighted by Gasteiger charge is 2.23. The summed E-state index contributed by atoms with van der Waals surface area (Å²) in [5, 5.41) is 6.10. The van der Waals surface area contributed by atoms with Crippen molar-refractivity contribution in [2.24, 2.45) is 10.9 Å². The lowest BCUT2D eigenvalue weighted by atomic mass is 9.93. The summed E-state index contributed by atoms with van der Waals surface area (Å²) in [5.41, 5.74) is 2.13. The molecule has 1 amide bonds. The first-order valence-corrected chi connectivity index (χ1v) is 10.0. The van der Waals surface area contributed by atoms with Crippen LogP contribution >= 0.6 is 0 Å². The number of nitrogens with zero attached hydrogens (tertiary/aromatic N) is 3. The van der Waals surface area contributed by atoms with Crippen LogP contribution in [-0.2, 0) is 11.3 Å². The molecule has 3 rings (SSSR count). The molecule has 2 aromatic rings. The van der Waals surface area contributed by atoms with Gasteiger partial charge >= 0.3 is 0 Å². The maximum Gasteiger partial charge on any atom is 0.220 e. The van der Waals surface area contributed by atoms with Crippen molar-refractivity contribution in [3.63, 3.8) is 0 Å². The molecule has 1 aromatic carbocycles. The van der Waals surface area contributed by atoms with E-state index in [1.165, 1.54) is 0 Å². The summed E-state index contributed by atoms with van der Waals surface area (Å²) in [6, 6.07) is 10.2. The van der Waals surface area contributed by atoms with Crippen LogP contribution < -0.4 is 10.6 Å². The normalized spacial score (nSPS) is 15.5.